The largest absolute Gasteiger partial charge is 0.322 e. The van der Waals surface area contributed by atoms with Crippen LogP contribution in [0.2, 0.25) is 0 Å². The van der Waals surface area contributed by atoms with Crippen LogP contribution in [0.1, 0.15) is 15.9 Å². The normalized spacial score (nSPS) is 10.3. The van der Waals surface area contributed by atoms with E-state index in [1.54, 1.807) is 0 Å². The average Bonchev–Trinajstić information content (AvgIpc) is 2.42. The van der Waals surface area contributed by atoms with Gasteiger partial charge in [0.2, 0.25) is 0 Å². The molecule has 19 heavy (non-hydrogen) atoms. The van der Waals surface area contributed by atoms with Crippen LogP contribution in [0.15, 0.2) is 46.9 Å². The molecule has 0 heterocycles. The number of benzene rings is 2. The van der Waals surface area contributed by atoms with Crippen molar-refractivity contribution in [1.82, 2.24) is 0 Å². The highest BCUT2D eigenvalue weighted by Gasteiger charge is 2.10. The van der Waals surface area contributed by atoms with Crippen molar-refractivity contribution in [2.75, 3.05) is 5.32 Å². The van der Waals surface area contributed by atoms with Gasteiger partial charge in [-0.3, -0.25) is 4.79 Å². The number of halogens is 3. The Kier molecular flexibility index (Phi) is 5.24. The minimum absolute atomic E-state index is 0.135. The van der Waals surface area contributed by atoms with Gasteiger partial charge in [-0.2, -0.15) is 0 Å². The Hall–Kier alpha value is -0.590. The maximum absolute atomic E-state index is 12.2. The van der Waals surface area contributed by atoms with E-state index in [9.17, 15) is 4.79 Å². The van der Waals surface area contributed by atoms with Crippen molar-refractivity contribution in [1.29, 1.82) is 0 Å². The van der Waals surface area contributed by atoms with Gasteiger partial charge in [0, 0.05) is 19.6 Å². The molecule has 2 aromatic carbocycles. The first kappa shape index (κ1) is 14.8. The topological polar surface area (TPSA) is 29.1 Å². The molecule has 0 aliphatic carbocycles. The third-order valence-electron chi connectivity index (χ3n) is 2.54. The lowest BCUT2D eigenvalue weighted by atomic mass is 10.2. The van der Waals surface area contributed by atoms with Crippen molar-refractivity contribution in [2.45, 2.75) is 5.88 Å². The molecule has 0 spiro atoms. The minimum atomic E-state index is -0.135. The van der Waals surface area contributed by atoms with Crippen LogP contribution in [-0.2, 0) is 5.88 Å². The van der Waals surface area contributed by atoms with Crippen molar-refractivity contribution in [3.63, 3.8) is 0 Å². The van der Waals surface area contributed by atoms with Crippen LogP contribution in [0, 0.1) is 3.57 Å². The first-order valence-corrected chi connectivity index (χ1v) is 7.92. The minimum Gasteiger partial charge on any atom is -0.322 e. The second-order valence-corrected chi connectivity index (χ2v) is 6.28. The Balaban J connectivity index is 2.18. The van der Waals surface area contributed by atoms with Crippen molar-refractivity contribution >= 4 is 61.7 Å². The van der Waals surface area contributed by atoms with E-state index in [0.29, 0.717) is 11.4 Å². The Morgan fingerprint density at radius 3 is 2.53 bits per heavy atom. The maximum Gasteiger partial charge on any atom is 0.256 e. The molecule has 5 heteroatoms. The van der Waals surface area contributed by atoms with Crippen LogP contribution in [-0.4, -0.2) is 5.91 Å². The van der Waals surface area contributed by atoms with Crippen molar-refractivity contribution in [2.24, 2.45) is 0 Å². The van der Waals surface area contributed by atoms with E-state index in [1.165, 1.54) is 0 Å². The van der Waals surface area contributed by atoms with Gasteiger partial charge in [-0.15, -0.1) is 11.6 Å². The molecule has 0 saturated heterocycles. The van der Waals surface area contributed by atoms with Gasteiger partial charge in [0.15, 0.2) is 0 Å². The summed E-state index contributed by atoms with van der Waals surface area (Å²) < 4.78 is 1.80. The summed E-state index contributed by atoms with van der Waals surface area (Å²) in [5.41, 5.74) is 2.40. The van der Waals surface area contributed by atoms with Crippen LogP contribution >= 0.6 is 50.1 Å². The van der Waals surface area contributed by atoms with Gasteiger partial charge in [0.25, 0.3) is 5.91 Å². The fourth-order valence-electron chi connectivity index (χ4n) is 1.55. The highest BCUT2D eigenvalue weighted by atomic mass is 127. The lowest BCUT2D eigenvalue weighted by Gasteiger charge is -2.08. The highest BCUT2D eigenvalue weighted by Crippen LogP contribution is 2.21. The number of alkyl halides is 1. The Labute approximate surface area is 138 Å². The number of nitrogens with one attached hydrogen (secondary N) is 1. The van der Waals surface area contributed by atoms with Gasteiger partial charge in [0.05, 0.1) is 5.56 Å². The molecule has 0 saturated carbocycles. The van der Waals surface area contributed by atoms with Crippen LogP contribution in [0.3, 0.4) is 0 Å². The number of carbonyl (C=O) groups is 1. The van der Waals surface area contributed by atoms with Gasteiger partial charge in [0.1, 0.15) is 0 Å². The summed E-state index contributed by atoms with van der Waals surface area (Å²) in [6, 6.07) is 13.1. The molecule has 0 radical (unpaired) electrons. The molecule has 0 fully saturated rings. The van der Waals surface area contributed by atoms with Crippen LogP contribution in [0.25, 0.3) is 0 Å². The summed E-state index contributed by atoms with van der Waals surface area (Å²) in [7, 11) is 0. The summed E-state index contributed by atoms with van der Waals surface area (Å²) in [5.74, 6) is 0.334. The zero-order valence-corrected chi connectivity index (χ0v) is 14.3. The lowest BCUT2D eigenvalue weighted by Crippen LogP contribution is -2.12. The summed E-state index contributed by atoms with van der Waals surface area (Å²) in [6.07, 6.45) is 0. The number of amides is 1. The number of hydrogen-bond acceptors (Lipinski definition) is 1. The van der Waals surface area contributed by atoms with Gasteiger partial charge < -0.3 is 5.32 Å². The molecule has 98 valence electrons. The fourth-order valence-corrected chi connectivity index (χ4v) is 2.64. The third-order valence-corrected chi connectivity index (χ3v) is 4.21. The highest BCUT2D eigenvalue weighted by molar-refractivity contribution is 14.1. The Bertz CT molecular complexity index is 601. The zero-order chi connectivity index (χ0) is 13.8. The van der Waals surface area contributed by atoms with Gasteiger partial charge in [-0.05, 0) is 74.4 Å². The molecule has 1 N–H and O–H groups in total. The summed E-state index contributed by atoms with van der Waals surface area (Å²) in [5, 5.41) is 2.86. The molecular weight excluding hydrogens is 440 g/mol. The molecule has 0 aromatic heterocycles. The quantitative estimate of drug-likeness (QED) is 0.515. The number of carbonyl (C=O) groups excluding carboxylic acids is 1. The van der Waals surface area contributed by atoms with Crippen LogP contribution < -0.4 is 5.32 Å². The van der Waals surface area contributed by atoms with E-state index in [0.717, 1.165) is 19.3 Å². The zero-order valence-electron chi connectivity index (χ0n) is 9.79. The Morgan fingerprint density at radius 2 is 1.89 bits per heavy atom. The van der Waals surface area contributed by atoms with E-state index in [2.05, 4.69) is 43.8 Å². The van der Waals surface area contributed by atoms with E-state index < -0.39 is 0 Å². The average molecular weight is 451 g/mol. The standard InChI is InChI=1S/C14H10BrClINO/c15-13-6-3-10(17)7-12(13)14(19)18-11-4-1-9(8-16)2-5-11/h1-7H,8H2,(H,18,19). The molecule has 2 nitrogen and oxygen atoms in total. The number of rotatable bonds is 3. The molecule has 0 unspecified atom stereocenters. The smallest absolute Gasteiger partial charge is 0.256 e. The molecule has 0 bridgehead atoms. The van der Waals surface area contributed by atoms with Crippen molar-refractivity contribution < 1.29 is 4.79 Å². The molecule has 0 atom stereocenters. The van der Waals surface area contributed by atoms with E-state index in [1.807, 2.05) is 42.5 Å². The first-order valence-electron chi connectivity index (χ1n) is 5.51. The molecular formula is C14H10BrClINO. The van der Waals surface area contributed by atoms with E-state index in [-0.39, 0.29) is 5.91 Å². The van der Waals surface area contributed by atoms with E-state index in [4.69, 9.17) is 11.6 Å². The molecule has 2 aromatic rings. The molecule has 1 amide bonds. The summed E-state index contributed by atoms with van der Waals surface area (Å²) in [4.78, 5) is 12.2. The first-order chi connectivity index (χ1) is 9.10. The van der Waals surface area contributed by atoms with Crippen LogP contribution in [0.4, 0.5) is 5.69 Å². The van der Waals surface area contributed by atoms with Gasteiger partial charge in [-0.25, -0.2) is 0 Å². The second-order valence-electron chi connectivity index (χ2n) is 3.91. The maximum atomic E-state index is 12.2. The van der Waals surface area contributed by atoms with E-state index >= 15 is 0 Å². The predicted molar refractivity (Wildman–Crippen MR) is 90.8 cm³/mol. The molecule has 2 rings (SSSR count). The molecule has 0 aliphatic heterocycles. The van der Waals surface area contributed by atoms with Crippen molar-refractivity contribution in [3.8, 4) is 0 Å². The lowest BCUT2D eigenvalue weighted by molar-refractivity contribution is 0.102. The van der Waals surface area contributed by atoms with Gasteiger partial charge >= 0.3 is 0 Å². The summed E-state index contributed by atoms with van der Waals surface area (Å²) >= 11 is 11.3. The monoisotopic (exact) mass is 449 g/mol. The number of anilines is 1. The predicted octanol–water partition coefficient (Wildman–Crippen LogP) is 5.04. The second kappa shape index (κ2) is 6.72. The summed E-state index contributed by atoms with van der Waals surface area (Å²) in [6.45, 7) is 0. The van der Waals surface area contributed by atoms with Crippen molar-refractivity contribution in [3.05, 3.63) is 61.6 Å². The third kappa shape index (κ3) is 3.94. The number of hydrogen-bond donors (Lipinski definition) is 1. The van der Waals surface area contributed by atoms with Crippen LogP contribution in [0.5, 0.6) is 0 Å². The fraction of sp³-hybridized carbons (Fsp3) is 0.0714. The SMILES string of the molecule is O=C(Nc1ccc(CCl)cc1)c1cc(I)ccc1Br. The van der Waals surface area contributed by atoms with Gasteiger partial charge in [-0.1, -0.05) is 12.1 Å². The molecule has 0 aliphatic rings. The Morgan fingerprint density at radius 1 is 1.21 bits per heavy atom.